The van der Waals surface area contributed by atoms with Crippen molar-refractivity contribution in [1.29, 1.82) is 0 Å². The van der Waals surface area contributed by atoms with Gasteiger partial charge >= 0.3 is 0 Å². The first kappa shape index (κ1) is 31.4. The molecule has 0 bridgehead atoms. The van der Waals surface area contributed by atoms with Crippen molar-refractivity contribution in [2.75, 3.05) is 4.90 Å². The zero-order valence-electron chi connectivity index (χ0n) is 30.2. The van der Waals surface area contributed by atoms with Crippen molar-refractivity contribution < 1.29 is 4.42 Å². The van der Waals surface area contributed by atoms with Crippen LogP contribution in [0.2, 0.25) is 0 Å². The van der Waals surface area contributed by atoms with Gasteiger partial charge in [0.2, 0.25) is 0 Å². The summed E-state index contributed by atoms with van der Waals surface area (Å²) in [6, 6.07) is 70.2. The Kier molecular flexibility index (Phi) is 6.86. The van der Waals surface area contributed by atoms with E-state index in [9.17, 15) is 0 Å². The largest absolute Gasteiger partial charge is 0.456 e. The molecule has 56 heavy (non-hydrogen) atoms. The lowest BCUT2D eigenvalue weighted by Crippen LogP contribution is -2.09. The maximum absolute atomic E-state index is 6.41. The van der Waals surface area contributed by atoms with Crippen molar-refractivity contribution in [1.82, 2.24) is 4.57 Å². The molecular formula is C52H32N2OS. The molecule has 1 aliphatic heterocycles. The number of fused-ring (bicyclic) bond motifs is 9. The predicted molar refractivity (Wildman–Crippen MR) is 235 cm³/mol. The zero-order valence-corrected chi connectivity index (χ0v) is 31.0. The predicted octanol–water partition coefficient (Wildman–Crippen LogP) is 15.1. The number of rotatable bonds is 5. The summed E-state index contributed by atoms with van der Waals surface area (Å²) in [4.78, 5) is 4.90. The van der Waals surface area contributed by atoms with Gasteiger partial charge in [0.1, 0.15) is 11.2 Å². The van der Waals surface area contributed by atoms with Gasteiger partial charge in [0.25, 0.3) is 0 Å². The Bertz CT molecular complexity index is 3330. The molecule has 0 spiro atoms. The van der Waals surface area contributed by atoms with E-state index in [1.54, 1.807) is 0 Å². The van der Waals surface area contributed by atoms with Crippen LogP contribution in [-0.2, 0) is 0 Å². The molecule has 0 N–H and O–H groups in total. The first-order valence-corrected chi connectivity index (χ1v) is 19.8. The Hall–Kier alpha value is -7.01. The van der Waals surface area contributed by atoms with Crippen LogP contribution in [0, 0.1) is 0 Å². The molecular weight excluding hydrogens is 701 g/mol. The number of hydrogen-bond acceptors (Lipinski definition) is 3. The van der Waals surface area contributed by atoms with Gasteiger partial charge in [-0.25, -0.2) is 0 Å². The van der Waals surface area contributed by atoms with Crippen LogP contribution in [0.5, 0.6) is 0 Å². The van der Waals surface area contributed by atoms with Gasteiger partial charge in [-0.2, -0.15) is 0 Å². The molecule has 0 fully saturated rings. The number of anilines is 3. The molecule has 0 amide bonds. The maximum Gasteiger partial charge on any atom is 0.137 e. The van der Waals surface area contributed by atoms with Crippen molar-refractivity contribution in [2.45, 2.75) is 9.79 Å². The molecule has 4 heteroatoms. The van der Waals surface area contributed by atoms with Crippen molar-refractivity contribution >= 4 is 83.3 Å². The highest BCUT2D eigenvalue weighted by Crippen LogP contribution is 2.49. The minimum atomic E-state index is 0.872. The summed E-state index contributed by atoms with van der Waals surface area (Å²) in [5, 5.41) is 7.30. The minimum Gasteiger partial charge on any atom is -0.456 e. The summed E-state index contributed by atoms with van der Waals surface area (Å²) < 4.78 is 8.89. The molecule has 0 saturated heterocycles. The number of para-hydroxylation sites is 4. The molecule has 0 atom stereocenters. The van der Waals surface area contributed by atoms with Crippen molar-refractivity contribution in [3.63, 3.8) is 0 Å². The van der Waals surface area contributed by atoms with Crippen molar-refractivity contribution in [2.24, 2.45) is 0 Å². The van der Waals surface area contributed by atoms with E-state index in [1.807, 2.05) is 23.9 Å². The summed E-state index contributed by atoms with van der Waals surface area (Å²) in [6.45, 7) is 0. The zero-order chi connectivity index (χ0) is 36.7. The van der Waals surface area contributed by atoms with Gasteiger partial charge in [0.05, 0.1) is 16.7 Å². The third kappa shape index (κ3) is 4.73. The summed E-state index contributed by atoms with van der Waals surface area (Å²) in [5.74, 6) is 0. The lowest BCUT2D eigenvalue weighted by molar-refractivity contribution is 0.669. The smallest absolute Gasteiger partial charge is 0.137 e. The lowest BCUT2D eigenvalue weighted by atomic mass is 9.98. The quantitative estimate of drug-likeness (QED) is 0.176. The summed E-state index contributed by atoms with van der Waals surface area (Å²) in [5.41, 5.74) is 13.5. The molecule has 0 saturated carbocycles. The molecule has 2 aromatic heterocycles. The van der Waals surface area contributed by atoms with Crippen molar-refractivity contribution in [3.05, 3.63) is 194 Å². The molecule has 12 rings (SSSR count). The van der Waals surface area contributed by atoms with E-state index < -0.39 is 0 Å². The van der Waals surface area contributed by atoms with E-state index in [0.29, 0.717) is 0 Å². The lowest BCUT2D eigenvalue weighted by Gasteiger charge is -2.26. The average Bonchev–Trinajstić information content (AvgIpc) is 3.81. The first-order valence-electron chi connectivity index (χ1n) is 19.0. The molecule has 3 nitrogen and oxygen atoms in total. The summed E-state index contributed by atoms with van der Waals surface area (Å²) in [6.07, 6.45) is 0. The second kappa shape index (κ2) is 12.3. The summed E-state index contributed by atoms with van der Waals surface area (Å²) >= 11 is 1.86. The van der Waals surface area contributed by atoms with Gasteiger partial charge in [-0.3, -0.25) is 0 Å². The molecule has 0 unspecified atom stereocenters. The van der Waals surface area contributed by atoms with Crippen LogP contribution in [0.4, 0.5) is 17.1 Å². The van der Waals surface area contributed by atoms with E-state index in [1.165, 1.54) is 70.3 Å². The Morgan fingerprint density at radius 1 is 0.393 bits per heavy atom. The van der Waals surface area contributed by atoms with E-state index >= 15 is 0 Å². The molecule has 262 valence electrons. The number of benzene rings is 9. The van der Waals surface area contributed by atoms with Crippen LogP contribution in [0.15, 0.2) is 208 Å². The Morgan fingerprint density at radius 3 is 1.80 bits per heavy atom. The highest BCUT2D eigenvalue weighted by molar-refractivity contribution is 7.99. The van der Waals surface area contributed by atoms with Gasteiger partial charge in [0, 0.05) is 60.0 Å². The fourth-order valence-corrected chi connectivity index (χ4v) is 9.94. The first-order chi connectivity index (χ1) is 27.8. The molecule has 9 aromatic carbocycles. The fraction of sp³-hybridized carbons (Fsp3) is 0. The standard InChI is InChI=1S/C52H32N2OS/c1-2-12-39-33(10-1)11-7-14-40(39)34-22-26-36(27-23-34)53(38-30-31-43-42-13-3-5-19-47(42)55-48(43)32-38)37-28-24-35(25-29-37)41-15-8-16-44-45-17-9-21-50-52(45)54(51(41)44)46-18-4-6-20-49(46)56-50/h1-32H. The van der Waals surface area contributed by atoms with E-state index in [2.05, 4.69) is 191 Å². The average molecular weight is 733 g/mol. The van der Waals surface area contributed by atoms with E-state index in [0.717, 1.165) is 39.0 Å². The van der Waals surface area contributed by atoms with Crippen LogP contribution in [0.3, 0.4) is 0 Å². The summed E-state index contributed by atoms with van der Waals surface area (Å²) in [7, 11) is 0. The Labute approximate surface area is 327 Å². The topological polar surface area (TPSA) is 21.3 Å². The van der Waals surface area contributed by atoms with Crippen LogP contribution >= 0.6 is 11.8 Å². The number of hydrogen-bond donors (Lipinski definition) is 0. The van der Waals surface area contributed by atoms with E-state index in [4.69, 9.17) is 4.42 Å². The van der Waals surface area contributed by atoms with Crippen LogP contribution in [-0.4, -0.2) is 4.57 Å². The monoisotopic (exact) mass is 732 g/mol. The van der Waals surface area contributed by atoms with Crippen LogP contribution in [0.1, 0.15) is 0 Å². The van der Waals surface area contributed by atoms with Crippen LogP contribution in [0.25, 0.3) is 82.5 Å². The second-order valence-corrected chi connectivity index (χ2v) is 15.6. The highest BCUT2D eigenvalue weighted by Gasteiger charge is 2.24. The van der Waals surface area contributed by atoms with Gasteiger partial charge in [-0.1, -0.05) is 139 Å². The van der Waals surface area contributed by atoms with Gasteiger partial charge in [-0.15, -0.1) is 0 Å². The highest BCUT2D eigenvalue weighted by atomic mass is 32.2. The normalized spacial score (nSPS) is 12.2. The van der Waals surface area contributed by atoms with E-state index in [-0.39, 0.29) is 0 Å². The Morgan fingerprint density at radius 2 is 0.964 bits per heavy atom. The number of furan rings is 1. The van der Waals surface area contributed by atoms with Gasteiger partial charge in [0.15, 0.2) is 0 Å². The molecule has 0 radical (unpaired) electrons. The maximum atomic E-state index is 6.41. The molecule has 11 aromatic rings. The third-order valence-corrected chi connectivity index (χ3v) is 12.5. The number of nitrogens with zero attached hydrogens (tertiary/aromatic N) is 2. The SMILES string of the molecule is c1ccc2c(c1)Sc1cccc3c4cccc(-c5ccc(N(c6ccc(-c7cccc8ccccc78)cc6)c6ccc7c(c6)oc6ccccc67)cc5)c4n-2c13. The van der Waals surface area contributed by atoms with Gasteiger partial charge in [-0.05, 0) is 88.1 Å². The van der Waals surface area contributed by atoms with Crippen LogP contribution < -0.4 is 4.90 Å². The van der Waals surface area contributed by atoms with Gasteiger partial charge < -0.3 is 13.9 Å². The second-order valence-electron chi connectivity index (χ2n) is 14.5. The molecule has 0 aliphatic carbocycles. The third-order valence-electron chi connectivity index (χ3n) is 11.4. The number of aromatic nitrogens is 1. The van der Waals surface area contributed by atoms with Crippen molar-refractivity contribution in [3.8, 4) is 27.9 Å². The molecule has 3 heterocycles. The Balaban J connectivity index is 1.01. The minimum absolute atomic E-state index is 0.872. The fourth-order valence-electron chi connectivity index (χ4n) is 8.84. The molecule has 1 aliphatic rings.